The molecule has 6 heteroatoms. The van der Waals surface area contributed by atoms with E-state index in [0.717, 1.165) is 6.42 Å². The van der Waals surface area contributed by atoms with Crippen LogP contribution in [0.5, 0.6) is 0 Å². The van der Waals surface area contributed by atoms with Crippen molar-refractivity contribution < 1.29 is 13.2 Å². The lowest BCUT2D eigenvalue weighted by Gasteiger charge is -2.19. The fraction of sp³-hybridized carbons (Fsp3) is 0.727. The van der Waals surface area contributed by atoms with Crippen LogP contribution in [-0.4, -0.2) is 22.3 Å². The van der Waals surface area contributed by atoms with Crippen LogP contribution in [-0.2, 0) is 7.05 Å². The highest BCUT2D eigenvalue weighted by atomic mass is 19.4. The van der Waals surface area contributed by atoms with Crippen molar-refractivity contribution in [2.45, 2.75) is 38.4 Å². The molecule has 1 aromatic rings. The predicted molar refractivity (Wildman–Crippen MR) is 59.5 cm³/mol. The highest BCUT2D eigenvalue weighted by Crippen LogP contribution is 2.26. The molecule has 1 atom stereocenters. The third-order valence-electron chi connectivity index (χ3n) is 2.53. The minimum Gasteiger partial charge on any atom is -0.337 e. The summed E-state index contributed by atoms with van der Waals surface area (Å²) in [7, 11) is 1.79. The van der Waals surface area contributed by atoms with Crippen molar-refractivity contribution in [2.24, 2.45) is 7.05 Å². The van der Waals surface area contributed by atoms with Crippen LogP contribution < -0.4 is 5.32 Å². The summed E-state index contributed by atoms with van der Waals surface area (Å²) in [6.07, 6.45) is -0.660. The number of halogens is 3. The first-order valence-corrected chi connectivity index (χ1v) is 5.71. The van der Waals surface area contributed by atoms with E-state index in [1.807, 2.05) is 6.92 Å². The fourth-order valence-electron chi connectivity index (χ4n) is 1.66. The number of aromatic nitrogens is 2. The molecule has 1 rings (SSSR count). The molecule has 1 N–H and O–H groups in total. The number of aryl methyl sites for hydroxylation is 1. The van der Waals surface area contributed by atoms with Crippen LogP contribution >= 0.6 is 0 Å². The van der Waals surface area contributed by atoms with Crippen molar-refractivity contribution >= 4 is 0 Å². The Morgan fingerprint density at radius 2 is 2.18 bits per heavy atom. The van der Waals surface area contributed by atoms with Crippen molar-refractivity contribution in [2.75, 3.05) is 6.54 Å². The molecule has 98 valence electrons. The first-order chi connectivity index (χ1) is 7.94. The maximum absolute atomic E-state index is 12.2. The molecule has 0 bridgehead atoms. The molecule has 0 aromatic carbocycles. The Labute approximate surface area is 99.0 Å². The molecule has 0 fully saturated rings. The number of imidazole rings is 1. The Balaban J connectivity index is 2.64. The summed E-state index contributed by atoms with van der Waals surface area (Å²) in [5.41, 5.74) is 0. The van der Waals surface area contributed by atoms with Gasteiger partial charge in [0.2, 0.25) is 0 Å². The second-order valence-corrected chi connectivity index (χ2v) is 4.06. The number of rotatable bonds is 6. The zero-order valence-electron chi connectivity index (χ0n) is 10.1. The van der Waals surface area contributed by atoms with Crippen molar-refractivity contribution in [3.63, 3.8) is 0 Å². The van der Waals surface area contributed by atoms with Crippen LogP contribution in [0.3, 0.4) is 0 Å². The maximum atomic E-state index is 12.2. The van der Waals surface area contributed by atoms with Crippen LogP contribution in [0.4, 0.5) is 13.2 Å². The normalized spacial score (nSPS) is 13.9. The second-order valence-electron chi connectivity index (χ2n) is 4.06. The average molecular weight is 249 g/mol. The second kappa shape index (κ2) is 6.05. The van der Waals surface area contributed by atoms with E-state index < -0.39 is 12.6 Å². The van der Waals surface area contributed by atoms with E-state index in [2.05, 4.69) is 10.3 Å². The van der Waals surface area contributed by atoms with Gasteiger partial charge in [0.25, 0.3) is 0 Å². The van der Waals surface area contributed by atoms with Gasteiger partial charge in [0.05, 0.1) is 6.04 Å². The predicted octanol–water partition coefficient (Wildman–Crippen LogP) is 2.80. The van der Waals surface area contributed by atoms with Gasteiger partial charge >= 0.3 is 6.18 Å². The zero-order valence-corrected chi connectivity index (χ0v) is 10.1. The Morgan fingerprint density at radius 3 is 2.65 bits per heavy atom. The molecule has 17 heavy (non-hydrogen) atoms. The lowest BCUT2D eigenvalue weighted by Crippen LogP contribution is -2.26. The molecule has 0 spiro atoms. The highest BCUT2D eigenvalue weighted by Gasteiger charge is 2.29. The standard InChI is InChI=1S/C11H18F3N3/c1-3-6-15-9(4-5-11(12,13)14)10-16-7-8-17(10)2/h7-9,15H,3-6H2,1-2H3. The molecule has 3 nitrogen and oxygen atoms in total. The van der Waals surface area contributed by atoms with Crippen molar-refractivity contribution in [3.8, 4) is 0 Å². The molecule has 1 unspecified atom stereocenters. The number of hydrogen-bond donors (Lipinski definition) is 1. The SMILES string of the molecule is CCCNC(CCC(F)(F)F)c1nccn1C. The summed E-state index contributed by atoms with van der Waals surface area (Å²) in [6.45, 7) is 2.67. The van der Waals surface area contributed by atoms with Crippen molar-refractivity contribution in [3.05, 3.63) is 18.2 Å². The Kier molecular flexibility index (Phi) is 4.99. The summed E-state index contributed by atoms with van der Waals surface area (Å²) in [5, 5.41) is 3.10. The van der Waals surface area contributed by atoms with Crippen molar-refractivity contribution in [1.82, 2.24) is 14.9 Å². The molecule has 1 heterocycles. The minimum atomic E-state index is -4.11. The van der Waals surface area contributed by atoms with Gasteiger partial charge in [-0.05, 0) is 19.4 Å². The molecular weight excluding hydrogens is 231 g/mol. The topological polar surface area (TPSA) is 29.9 Å². The number of nitrogens with one attached hydrogen (secondary N) is 1. The van der Waals surface area contributed by atoms with E-state index in [-0.39, 0.29) is 12.5 Å². The third-order valence-corrected chi connectivity index (χ3v) is 2.53. The van der Waals surface area contributed by atoms with Gasteiger partial charge in [-0.2, -0.15) is 13.2 Å². The van der Waals surface area contributed by atoms with Gasteiger partial charge in [0, 0.05) is 25.9 Å². The van der Waals surface area contributed by atoms with Gasteiger partial charge in [0.15, 0.2) is 0 Å². The van der Waals surface area contributed by atoms with Crippen LogP contribution in [0.25, 0.3) is 0 Å². The average Bonchev–Trinajstić information content (AvgIpc) is 2.63. The van der Waals surface area contributed by atoms with E-state index in [0.29, 0.717) is 12.4 Å². The summed E-state index contributed by atoms with van der Waals surface area (Å²) in [4.78, 5) is 4.10. The van der Waals surface area contributed by atoms with Crippen LogP contribution in [0, 0.1) is 0 Å². The summed E-state index contributed by atoms with van der Waals surface area (Å²) in [6, 6.07) is -0.337. The molecule has 0 amide bonds. The van der Waals surface area contributed by atoms with Gasteiger partial charge in [-0.1, -0.05) is 6.92 Å². The summed E-state index contributed by atoms with van der Waals surface area (Å²) < 4.78 is 38.4. The minimum absolute atomic E-state index is 0.0222. The van der Waals surface area contributed by atoms with Gasteiger partial charge in [-0.25, -0.2) is 4.98 Å². The molecule has 0 aliphatic rings. The molecule has 0 aliphatic heterocycles. The molecule has 0 saturated carbocycles. The van der Waals surface area contributed by atoms with Crippen LogP contribution in [0.15, 0.2) is 12.4 Å². The molecule has 0 saturated heterocycles. The van der Waals surface area contributed by atoms with E-state index in [4.69, 9.17) is 0 Å². The third kappa shape index (κ3) is 4.77. The maximum Gasteiger partial charge on any atom is 0.389 e. The quantitative estimate of drug-likeness (QED) is 0.840. The Morgan fingerprint density at radius 1 is 1.47 bits per heavy atom. The summed E-state index contributed by atoms with van der Waals surface area (Å²) >= 11 is 0. The van der Waals surface area contributed by atoms with Gasteiger partial charge in [0.1, 0.15) is 5.82 Å². The molecular formula is C11H18F3N3. The van der Waals surface area contributed by atoms with Crippen LogP contribution in [0.1, 0.15) is 38.1 Å². The van der Waals surface area contributed by atoms with E-state index >= 15 is 0 Å². The van der Waals surface area contributed by atoms with E-state index in [1.54, 1.807) is 24.0 Å². The molecule has 0 aliphatic carbocycles. The highest BCUT2D eigenvalue weighted by molar-refractivity contribution is 4.98. The Bertz CT molecular complexity index is 333. The van der Waals surface area contributed by atoms with E-state index in [1.165, 1.54) is 0 Å². The zero-order chi connectivity index (χ0) is 12.9. The van der Waals surface area contributed by atoms with E-state index in [9.17, 15) is 13.2 Å². The monoisotopic (exact) mass is 249 g/mol. The number of hydrogen-bond acceptors (Lipinski definition) is 2. The fourth-order valence-corrected chi connectivity index (χ4v) is 1.66. The van der Waals surface area contributed by atoms with Gasteiger partial charge in [-0.15, -0.1) is 0 Å². The van der Waals surface area contributed by atoms with Crippen LogP contribution in [0.2, 0.25) is 0 Å². The van der Waals surface area contributed by atoms with Crippen molar-refractivity contribution in [1.29, 1.82) is 0 Å². The largest absolute Gasteiger partial charge is 0.389 e. The smallest absolute Gasteiger partial charge is 0.337 e. The number of nitrogens with zero attached hydrogens (tertiary/aromatic N) is 2. The molecule has 1 aromatic heterocycles. The van der Waals surface area contributed by atoms with Gasteiger partial charge < -0.3 is 9.88 Å². The first-order valence-electron chi connectivity index (χ1n) is 5.71. The lowest BCUT2D eigenvalue weighted by molar-refractivity contribution is -0.136. The number of alkyl halides is 3. The molecule has 0 radical (unpaired) electrons. The lowest BCUT2D eigenvalue weighted by atomic mass is 10.1. The first kappa shape index (κ1) is 14.0. The summed E-state index contributed by atoms with van der Waals surface area (Å²) in [5.74, 6) is 0.655. The van der Waals surface area contributed by atoms with Gasteiger partial charge in [-0.3, -0.25) is 0 Å². The Hall–Kier alpha value is -1.04.